The maximum Gasteiger partial charge on any atom is 0.265 e. The molecule has 1 heterocycles. The highest BCUT2D eigenvalue weighted by atomic mass is 16.5. The maximum atomic E-state index is 12.4. The van der Waals surface area contributed by atoms with E-state index in [-0.39, 0.29) is 24.8 Å². The Hall–Kier alpha value is -2.82. The fourth-order valence-electron chi connectivity index (χ4n) is 2.74. The lowest BCUT2D eigenvalue weighted by atomic mass is 10.2. The molecule has 0 unspecified atom stereocenters. The van der Waals surface area contributed by atoms with Crippen LogP contribution in [0.2, 0.25) is 0 Å². The van der Waals surface area contributed by atoms with E-state index in [2.05, 4.69) is 0 Å². The molecule has 0 fully saturated rings. The fourth-order valence-corrected chi connectivity index (χ4v) is 2.74. The predicted octanol–water partition coefficient (Wildman–Crippen LogP) is 2.46. The summed E-state index contributed by atoms with van der Waals surface area (Å²) in [5.74, 6) is 0.574. The van der Waals surface area contributed by atoms with Gasteiger partial charge in [0, 0.05) is 26.6 Å². The van der Waals surface area contributed by atoms with E-state index >= 15 is 0 Å². The van der Waals surface area contributed by atoms with Gasteiger partial charge in [0.1, 0.15) is 5.75 Å². The van der Waals surface area contributed by atoms with Crippen molar-refractivity contribution in [2.45, 2.75) is 13.0 Å². The number of anilines is 1. The van der Waals surface area contributed by atoms with Gasteiger partial charge in [-0.1, -0.05) is 42.5 Å². The summed E-state index contributed by atoms with van der Waals surface area (Å²) in [7, 11) is 1.78. The van der Waals surface area contributed by atoms with Crippen molar-refractivity contribution in [3.8, 4) is 5.75 Å². The van der Waals surface area contributed by atoms with Gasteiger partial charge < -0.3 is 14.5 Å². The molecule has 124 valence electrons. The van der Waals surface area contributed by atoms with E-state index in [1.165, 1.54) is 0 Å². The molecule has 0 spiro atoms. The molecule has 1 aliphatic rings. The minimum Gasteiger partial charge on any atom is -0.482 e. The van der Waals surface area contributed by atoms with E-state index in [1.54, 1.807) is 16.8 Å². The lowest BCUT2D eigenvalue weighted by molar-refractivity contribution is -0.130. The summed E-state index contributed by atoms with van der Waals surface area (Å²) < 4.78 is 5.41. The van der Waals surface area contributed by atoms with Crippen molar-refractivity contribution >= 4 is 17.5 Å². The van der Waals surface area contributed by atoms with Crippen LogP contribution in [0.5, 0.6) is 5.75 Å². The molecule has 0 saturated carbocycles. The van der Waals surface area contributed by atoms with Gasteiger partial charge in [-0.25, -0.2) is 0 Å². The first-order chi connectivity index (χ1) is 11.6. The Morgan fingerprint density at radius 1 is 1.12 bits per heavy atom. The molecular weight excluding hydrogens is 304 g/mol. The van der Waals surface area contributed by atoms with Crippen LogP contribution in [-0.2, 0) is 16.1 Å². The average Bonchev–Trinajstić information content (AvgIpc) is 2.61. The molecule has 0 bridgehead atoms. The molecule has 2 aromatic carbocycles. The monoisotopic (exact) mass is 324 g/mol. The number of carbonyl (C=O) groups excluding carboxylic acids is 2. The van der Waals surface area contributed by atoms with Crippen LogP contribution < -0.4 is 9.64 Å². The Balaban J connectivity index is 1.61. The molecule has 0 atom stereocenters. The fraction of sp³-hybridized carbons (Fsp3) is 0.263. The maximum absolute atomic E-state index is 12.4. The number of carbonyl (C=O) groups is 2. The van der Waals surface area contributed by atoms with Gasteiger partial charge in [-0.15, -0.1) is 0 Å². The molecule has 5 heteroatoms. The van der Waals surface area contributed by atoms with Crippen molar-refractivity contribution in [1.29, 1.82) is 0 Å². The summed E-state index contributed by atoms with van der Waals surface area (Å²) in [6.45, 7) is 0.940. The van der Waals surface area contributed by atoms with Gasteiger partial charge in [-0.2, -0.15) is 0 Å². The highest BCUT2D eigenvalue weighted by Crippen LogP contribution is 2.31. The van der Waals surface area contributed by atoms with Crippen LogP contribution in [0, 0.1) is 0 Å². The summed E-state index contributed by atoms with van der Waals surface area (Å²) in [5.41, 5.74) is 1.81. The normalized spacial score (nSPS) is 13.2. The van der Waals surface area contributed by atoms with E-state index in [0.29, 0.717) is 18.8 Å². The number of fused-ring (bicyclic) bond motifs is 1. The third kappa shape index (κ3) is 3.56. The lowest BCUT2D eigenvalue weighted by Gasteiger charge is -2.29. The first kappa shape index (κ1) is 16.1. The Bertz CT molecular complexity index is 730. The number of rotatable bonds is 5. The van der Waals surface area contributed by atoms with Gasteiger partial charge in [0.25, 0.3) is 5.91 Å². The number of benzene rings is 2. The van der Waals surface area contributed by atoms with E-state index in [4.69, 9.17) is 4.74 Å². The van der Waals surface area contributed by atoms with Gasteiger partial charge in [0.05, 0.1) is 5.69 Å². The molecule has 2 aromatic rings. The molecule has 3 rings (SSSR count). The van der Waals surface area contributed by atoms with Crippen LogP contribution >= 0.6 is 0 Å². The predicted molar refractivity (Wildman–Crippen MR) is 91.8 cm³/mol. The Kier molecular flexibility index (Phi) is 4.79. The number of nitrogens with zero attached hydrogens (tertiary/aromatic N) is 2. The first-order valence-corrected chi connectivity index (χ1v) is 7.95. The number of amides is 2. The van der Waals surface area contributed by atoms with Crippen molar-refractivity contribution < 1.29 is 14.3 Å². The van der Waals surface area contributed by atoms with E-state index in [9.17, 15) is 9.59 Å². The largest absolute Gasteiger partial charge is 0.482 e. The van der Waals surface area contributed by atoms with E-state index < -0.39 is 0 Å². The summed E-state index contributed by atoms with van der Waals surface area (Å²) in [6.07, 6.45) is 0.281. The zero-order valence-corrected chi connectivity index (χ0v) is 13.6. The van der Waals surface area contributed by atoms with Gasteiger partial charge in [-0.3, -0.25) is 9.59 Å². The second-order valence-corrected chi connectivity index (χ2v) is 5.79. The Morgan fingerprint density at radius 3 is 2.62 bits per heavy atom. The van der Waals surface area contributed by atoms with Crippen molar-refractivity contribution in [2.24, 2.45) is 0 Å². The molecule has 24 heavy (non-hydrogen) atoms. The van der Waals surface area contributed by atoms with Gasteiger partial charge in [-0.05, 0) is 17.7 Å². The quantitative estimate of drug-likeness (QED) is 0.849. The van der Waals surface area contributed by atoms with Crippen LogP contribution in [0.15, 0.2) is 54.6 Å². The molecule has 0 radical (unpaired) electrons. The topological polar surface area (TPSA) is 49.9 Å². The molecule has 1 aliphatic heterocycles. The van der Waals surface area contributed by atoms with Crippen LogP contribution in [0.3, 0.4) is 0 Å². The lowest BCUT2D eigenvalue weighted by Crippen LogP contribution is -2.41. The average molecular weight is 324 g/mol. The molecule has 0 saturated heterocycles. The number of hydrogen-bond acceptors (Lipinski definition) is 3. The van der Waals surface area contributed by atoms with Gasteiger partial charge in [0.2, 0.25) is 5.91 Å². The highest BCUT2D eigenvalue weighted by molar-refractivity contribution is 5.98. The van der Waals surface area contributed by atoms with Crippen LogP contribution in [0.25, 0.3) is 0 Å². The molecule has 0 N–H and O–H groups in total. The number of hydrogen-bond donors (Lipinski definition) is 0. The standard InChI is InChI=1S/C19H20N2O3/c1-20(13-15-7-3-2-4-8-15)18(22)11-12-21-16-9-5-6-10-17(16)24-14-19(21)23/h2-10H,11-14H2,1H3. The zero-order valence-electron chi connectivity index (χ0n) is 13.6. The summed E-state index contributed by atoms with van der Waals surface area (Å²) in [4.78, 5) is 27.8. The second kappa shape index (κ2) is 7.17. The number of para-hydroxylation sites is 2. The van der Waals surface area contributed by atoms with Crippen molar-refractivity contribution in [1.82, 2.24) is 4.90 Å². The van der Waals surface area contributed by atoms with Crippen LogP contribution in [0.1, 0.15) is 12.0 Å². The van der Waals surface area contributed by atoms with Crippen molar-refractivity contribution in [3.05, 3.63) is 60.2 Å². The summed E-state index contributed by atoms with van der Waals surface area (Å²) in [6, 6.07) is 17.2. The molecule has 2 amide bonds. The molecular formula is C19H20N2O3. The Labute approximate surface area is 141 Å². The smallest absolute Gasteiger partial charge is 0.265 e. The van der Waals surface area contributed by atoms with Crippen LogP contribution in [0.4, 0.5) is 5.69 Å². The SMILES string of the molecule is CN(Cc1ccccc1)C(=O)CCN1C(=O)COc2ccccc21. The summed E-state index contributed by atoms with van der Waals surface area (Å²) >= 11 is 0. The van der Waals surface area contributed by atoms with E-state index in [1.807, 2.05) is 54.6 Å². The van der Waals surface area contributed by atoms with Crippen molar-refractivity contribution in [2.75, 3.05) is 25.1 Å². The first-order valence-electron chi connectivity index (χ1n) is 7.95. The van der Waals surface area contributed by atoms with Gasteiger partial charge in [0.15, 0.2) is 6.61 Å². The van der Waals surface area contributed by atoms with Crippen molar-refractivity contribution in [3.63, 3.8) is 0 Å². The second-order valence-electron chi connectivity index (χ2n) is 5.79. The molecule has 5 nitrogen and oxygen atoms in total. The Morgan fingerprint density at radius 2 is 1.83 bits per heavy atom. The zero-order chi connectivity index (χ0) is 16.9. The highest BCUT2D eigenvalue weighted by Gasteiger charge is 2.25. The molecule has 0 aliphatic carbocycles. The third-order valence-corrected chi connectivity index (χ3v) is 4.05. The summed E-state index contributed by atoms with van der Waals surface area (Å²) in [5, 5.41) is 0. The van der Waals surface area contributed by atoms with E-state index in [0.717, 1.165) is 11.3 Å². The minimum atomic E-state index is -0.118. The number of ether oxygens (including phenoxy) is 1. The minimum absolute atomic E-state index is 0.00984. The van der Waals surface area contributed by atoms with Crippen LogP contribution in [-0.4, -0.2) is 36.9 Å². The van der Waals surface area contributed by atoms with Gasteiger partial charge >= 0.3 is 0 Å². The molecule has 0 aromatic heterocycles. The third-order valence-electron chi connectivity index (χ3n) is 4.05.